The number of hydrogen-bond acceptors (Lipinski definition) is 3. The highest BCUT2D eigenvalue weighted by Crippen LogP contribution is 2.15. The Bertz CT molecular complexity index is 362. The lowest BCUT2D eigenvalue weighted by Crippen LogP contribution is -2.44. The Hall–Kier alpha value is -1.19. The average Bonchev–Trinajstić information content (AvgIpc) is 2.52. The molecule has 3 nitrogen and oxygen atoms in total. The van der Waals surface area contributed by atoms with Crippen LogP contribution in [0.1, 0.15) is 6.92 Å². The molecule has 2 rings (SSSR count). The van der Waals surface area contributed by atoms with Gasteiger partial charge in [0.1, 0.15) is 6.29 Å². The SMILES string of the molecule is CC1C=C(C=O)C=CC(CN2CCNCC2)=C1. The van der Waals surface area contributed by atoms with E-state index in [9.17, 15) is 4.79 Å². The van der Waals surface area contributed by atoms with Crippen molar-refractivity contribution in [3.8, 4) is 0 Å². The van der Waals surface area contributed by atoms with Crippen molar-refractivity contribution in [1.82, 2.24) is 10.2 Å². The van der Waals surface area contributed by atoms with E-state index in [0.717, 1.165) is 44.6 Å². The van der Waals surface area contributed by atoms with Crippen LogP contribution >= 0.6 is 0 Å². The number of allylic oxidation sites excluding steroid dienone is 4. The molecule has 0 aromatic rings. The normalized spacial score (nSPS) is 26.1. The van der Waals surface area contributed by atoms with Crippen molar-refractivity contribution in [2.75, 3.05) is 32.7 Å². The summed E-state index contributed by atoms with van der Waals surface area (Å²) in [7, 11) is 0. The standard InChI is InChI=1S/C14H20N2O/c1-12-8-13(2-3-14(9-12)11-17)10-16-6-4-15-5-7-16/h2-3,8-9,11-12,15H,4-7,10H2,1H3. The summed E-state index contributed by atoms with van der Waals surface area (Å²) in [5.74, 6) is 0.336. The Morgan fingerprint density at radius 3 is 2.82 bits per heavy atom. The first-order chi connectivity index (χ1) is 8.28. The van der Waals surface area contributed by atoms with E-state index in [2.05, 4.69) is 29.3 Å². The molecule has 1 fully saturated rings. The molecule has 0 radical (unpaired) electrons. The highest BCUT2D eigenvalue weighted by atomic mass is 16.1. The zero-order chi connectivity index (χ0) is 12.1. The van der Waals surface area contributed by atoms with E-state index in [1.807, 2.05) is 12.2 Å². The number of aldehydes is 1. The molecule has 1 aliphatic carbocycles. The van der Waals surface area contributed by atoms with Crippen molar-refractivity contribution >= 4 is 6.29 Å². The molecular weight excluding hydrogens is 212 g/mol. The van der Waals surface area contributed by atoms with E-state index in [1.165, 1.54) is 5.57 Å². The number of rotatable bonds is 3. The van der Waals surface area contributed by atoms with Crippen molar-refractivity contribution in [2.45, 2.75) is 6.92 Å². The van der Waals surface area contributed by atoms with Gasteiger partial charge in [0.15, 0.2) is 0 Å². The lowest BCUT2D eigenvalue weighted by molar-refractivity contribution is -0.104. The molecule has 2 aliphatic rings. The Labute approximate surface area is 103 Å². The van der Waals surface area contributed by atoms with Crippen molar-refractivity contribution < 1.29 is 4.79 Å². The molecule has 17 heavy (non-hydrogen) atoms. The van der Waals surface area contributed by atoms with E-state index in [1.54, 1.807) is 0 Å². The number of piperazine rings is 1. The molecule has 92 valence electrons. The second-order valence-electron chi connectivity index (χ2n) is 4.74. The smallest absolute Gasteiger partial charge is 0.149 e. The summed E-state index contributed by atoms with van der Waals surface area (Å²) in [4.78, 5) is 13.2. The molecule has 0 bridgehead atoms. The average molecular weight is 232 g/mol. The summed E-state index contributed by atoms with van der Waals surface area (Å²) in [6.45, 7) is 7.46. The number of carbonyl (C=O) groups excluding carboxylic acids is 1. The first-order valence-corrected chi connectivity index (χ1v) is 6.27. The minimum Gasteiger partial charge on any atom is -0.314 e. The molecule has 0 aromatic carbocycles. The number of hydrogen-bond donors (Lipinski definition) is 1. The monoisotopic (exact) mass is 232 g/mol. The predicted octanol–water partition coefficient (Wildman–Crippen LogP) is 1.15. The van der Waals surface area contributed by atoms with Crippen LogP contribution in [0.4, 0.5) is 0 Å². The fourth-order valence-corrected chi connectivity index (χ4v) is 2.32. The molecule has 1 heterocycles. The third-order valence-electron chi connectivity index (χ3n) is 3.17. The summed E-state index contributed by atoms with van der Waals surface area (Å²) < 4.78 is 0. The molecule has 1 N–H and O–H groups in total. The second-order valence-corrected chi connectivity index (χ2v) is 4.74. The maximum absolute atomic E-state index is 10.8. The molecule has 1 atom stereocenters. The van der Waals surface area contributed by atoms with Crippen LogP contribution in [0.5, 0.6) is 0 Å². The van der Waals surface area contributed by atoms with Gasteiger partial charge < -0.3 is 5.32 Å². The third kappa shape index (κ3) is 3.65. The fourth-order valence-electron chi connectivity index (χ4n) is 2.32. The Morgan fingerprint density at radius 1 is 1.35 bits per heavy atom. The molecule has 3 heteroatoms. The molecule has 1 saturated heterocycles. The Balaban J connectivity index is 1.99. The summed E-state index contributed by atoms with van der Waals surface area (Å²) in [5, 5.41) is 3.35. The number of nitrogens with zero attached hydrogens (tertiary/aromatic N) is 1. The van der Waals surface area contributed by atoms with Gasteiger partial charge in [0.2, 0.25) is 0 Å². The van der Waals surface area contributed by atoms with Crippen LogP contribution in [0.25, 0.3) is 0 Å². The minimum absolute atomic E-state index is 0.336. The van der Waals surface area contributed by atoms with E-state index in [-0.39, 0.29) is 0 Å². The number of carbonyl (C=O) groups is 1. The van der Waals surface area contributed by atoms with Gasteiger partial charge >= 0.3 is 0 Å². The van der Waals surface area contributed by atoms with Gasteiger partial charge in [-0.15, -0.1) is 0 Å². The van der Waals surface area contributed by atoms with Gasteiger partial charge in [-0.25, -0.2) is 0 Å². The first-order valence-electron chi connectivity index (χ1n) is 6.27. The van der Waals surface area contributed by atoms with E-state index in [0.29, 0.717) is 5.92 Å². The van der Waals surface area contributed by atoms with Crippen molar-refractivity contribution in [3.05, 3.63) is 35.5 Å². The van der Waals surface area contributed by atoms with Gasteiger partial charge in [0.25, 0.3) is 0 Å². The van der Waals surface area contributed by atoms with Gasteiger partial charge in [-0.1, -0.05) is 31.2 Å². The van der Waals surface area contributed by atoms with Gasteiger partial charge in [0, 0.05) is 38.3 Å². The largest absolute Gasteiger partial charge is 0.314 e. The fraction of sp³-hybridized carbons (Fsp3) is 0.500. The Kier molecular flexibility index (Phi) is 4.29. The van der Waals surface area contributed by atoms with Crippen LogP contribution in [0.2, 0.25) is 0 Å². The van der Waals surface area contributed by atoms with Crippen LogP contribution in [0.15, 0.2) is 35.5 Å². The summed E-state index contributed by atoms with van der Waals surface area (Å²) in [6.07, 6.45) is 9.17. The summed E-state index contributed by atoms with van der Waals surface area (Å²) in [5.41, 5.74) is 2.09. The topological polar surface area (TPSA) is 32.3 Å². The summed E-state index contributed by atoms with van der Waals surface area (Å²) in [6, 6.07) is 0. The zero-order valence-electron chi connectivity index (χ0n) is 10.4. The molecule has 0 aromatic heterocycles. The lowest BCUT2D eigenvalue weighted by Gasteiger charge is -2.27. The first kappa shape index (κ1) is 12.3. The van der Waals surface area contributed by atoms with Crippen LogP contribution in [0, 0.1) is 5.92 Å². The maximum atomic E-state index is 10.8. The van der Waals surface area contributed by atoms with Crippen molar-refractivity contribution in [2.24, 2.45) is 5.92 Å². The number of nitrogens with one attached hydrogen (secondary N) is 1. The van der Waals surface area contributed by atoms with E-state index < -0.39 is 0 Å². The highest BCUT2D eigenvalue weighted by Gasteiger charge is 2.11. The van der Waals surface area contributed by atoms with Gasteiger partial charge in [0.05, 0.1) is 0 Å². The van der Waals surface area contributed by atoms with Gasteiger partial charge in [-0.2, -0.15) is 0 Å². The van der Waals surface area contributed by atoms with Crippen LogP contribution in [0.3, 0.4) is 0 Å². The molecular formula is C14H20N2O. The van der Waals surface area contributed by atoms with Gasteiger partial charge in [-0.3, -0.25) is 9.69 Å². The molecule has 0 amide bonds. The van der Waals surface area contributed by atoms with E-state index >= 15 is 0 Å². The van der Waals surface area contributed by atoms with Crippen molar-refractivity contribution in [3.63, 3.8) is 0 Å². The third-order valence-corrected chi connectivity index (χ3v) is 3.17. The zero-order valence-corrected chi connectivity index (χ0v) is 10.4. The minimum atomic E-state index is 0.336. The lowest BCUT2D eigenvalue weighted by atomic mass is 10.1. The Morgan fingerprint density at radius 2 is 2.12 bits per heavy atom. The summed E-state index contributed by atoms with van der Waals surface area (Å²) >= 11 is 0. The molecule has 0 saturated carbocycles. The predicted molar refractivity (Wildman–Crippen MR) is 69.8 cm³/mol. The van der Waals surface area contributed by atoms with Crippen molar-refractivity contribution in [1.29, 1.82) is 0 Å². The van der Waals surface area contributed by atoms with E-state index in [4.69, 9.17) is 0 Å². The molecule has 1 unspecified atom stereocenters. The molecule has 1 aliphatic heterocycles. The second kappa shape index (κ2) is 5.94. The van der Waals surface area contributed by atoms with Crippen LogP contribution in [-0.2, 0) is 4.79 Å². The quantitative estimate of drug-likeness (QED) is 0.741. The maximum Gasteiger partial charge on any atom is 0.149 e. The van der Waals surface area contributed by atoms with Crippen LogP contribution < -0.4 is 5.32 Å². The highest BCUT2D eigenvalue weighted by molar-refractivity contribution is 5.78. The molecule has 0 spiro atoms. The van der Waals surface area contributed by atoms with Gasteiger partial charge in [-0.05, 0) is 11.5 Å². The van der Waals surface area contributed by atoms with Crippen LogP contribution in [-0.4, -0.2) is 43.9 Å².